The van der Waals surface area contributed by atoms with Gasteiger partial charge < -0.3 is 5.73 Å². The van der Waals surface area contributed by atoms with Crippen LogP contribution in [0.25, 0.3) is 0 Å². The van der Waals surface area contributed by atoms with Gasteiger partial charge in [-0.2, -0.15) is 5.26 Å². The maximum absolute atomic E-state index is 11.5. The zero-order valence-corrected chi connectivity index (χ0v) is 7.93. The van der Waals surface area contributed by atoms with Gasteiger partial charge in [-0.3, -0.25) is 4.79 Å². The third-order valence-electron chi connectivity index (χ3n) is 1.41. The lowest BCUT2D eigenvalue weighted by molar-refractivity contribution is -0.122. The predicted octanol–water partition coefficient (Wildman–Crippen LogP) is 1.36. The maximum atomic E-state index is 11.5. The second kappa shape index (κ2) is 3.40. The van der Waals surface area contributed by atoms with Crippen molar-refractivity contribution in [3.05, 3.63) is 11.3 Å². The number of nitrogens with zero attached hydrogens (tertiary/aromatic N) is 1. The predicted molar refractivity (Wildman–Crippen MR) is 47.0 cm³/mol. The number of hydrogen-bond donors (Lipinski definition) is 1. The number of rotatable bonds is 1. The average molecular weight is 166 g/mol. The molecule has 0 rings (SSSR count). The standard InChI is InChI=1S/C9H14N2O/c1-6(11)7(5-10)8(12)9(2,3)4/h11H2,1-4H3/b7-6-. The number of ketones is 1. The second-order valence-corrected chi connectivity index (χ2v) is 3.75. The molecule has 3 heteroatoms. The van der Waals surface area contributed by atoms with E-state index in [1.807, 2.05) is 6.07 Å². The summed E-state index contributed by atoms with van der Waals surface area (Å²) >= 11 is 0. The lowest BCUT2D eigenvalue weighted by Crippen LogP contribution is -2.23. The minimum atomic E-state index is -0.536. The summed E-state index contributed by atoms with van der Waals surface area (Å²) < 4.78 is 0. The summed E-state index contributed by atoms with van der Waals surface area (Å²) in [5, 5.41) is 8.62. The number of Topliss-reactive ketones (excluding diaryl/α,β-unsaturated/α-hetero) is 1. The molecule has 0 fully saturated rings. The second-order valence-electron chi connectivity index (χ2n) is 3.75. The molecule has 3 nitrogen and oxygen atoms in total. The summed E-state index contributed by atoms with van der Waals surface area (Å²) in [6.07, 6.45) is 0. The van der Waals surface area contributed by atoms with Gasteiger partial charge in [0.05, 0.1) is 0 Å². The van der Waals surface area contributed by atoms with Crippen LogP contribution in [-0.4, -0.2) is 5.78 Å². The number of nitriles is 1. The number of hydrogen-bond acceptors (Lipinski definition) is 3. The van der Waals surface area contributed by atoms with Gasteiger partial charge in [-0.05, 0) is 6.92 Å². The van der Waals surface area contributed by atoms with Gasteiger partial charge >= 0.3 is 0 Å². The third kappa shape index (κ3) is 2.39. The van der Waals surface area contributed by atoms with E-state index in [1.54, 1.807) is 27.7 Å². The molecule has 0 aromatic carbocycles. The number of carbonyl (C=O) groups is 1. The average Bonchev–Trinajstić information content (AvgIpc) is 1.86. The van der Waals surface area contributed by atoms with Gasteiger partial charge in [0.15, 0.2) is 5.78 Å². The van der Waals surface area contributed by atoms with Crippen molar-refractivity contribution in [2.24, 2.45) is 11.1 Å². The zero-order chi connectivity index (χ0) is 9.94. The summed E-state index contributed by atoms with van der Waals surface area (Å²) in [5.41, 5.74) is 5.21. The Labute approximate surface area is 72.9 Å². The van der Waals surface area contributed by atoms with Crippen molar-refractivity contribution in [2.75, 3.05) is 0 Å². The molecule has 0 unspecified atom stereocenters. The molecule has 0 spiro atoms. The van der Waals surface area contributed by atoms with Crippen molar-refractivity contribution in [1.29, 1.82) is 5.26 Å². The van der Waals surface area contributed by atoms with Gasteiger partial charge in [-0.15, -0.1) is 0 Å². The Morgan fingerprint density at radius 3 is 1.92 bits per heavy atom. The molecule has 0 bridgehead atoms. The van der Waals surface area contributed by atoms with Crippen molar-refractivity contribution < 1.29 is 4.79 Å². The summed E-state index contributed by atoms with van der Waals surface area (Å²) in [5.74, 6) is -0.204. The fourth-order valence-electron chi connectivity index (χ4n) is 0.693. The summed E-state index contributed by atoms with van der Waals surface area (Å²) in [7, 11) is 0. The highest BCUT2D eigenvalue weighted by Gasteiger charge is 2.25. The number of nitrogens with two attached hydrogens (primary N) is 1. The summed E-state index contributed by atoms with van der Waals surface area (Å²) in [6, 6.07) is 1.81. The topological polar surface area (TPSA) is 66.9 Å². The number of allylic oxidation sites excluding steroid dienone is 2. The largest absolute Gasteiger partial charge is 0.401 e. The first-order valence-corrected chi connectivity index (χ1v) is 3.72. The Hall–Kier alpha value is -1.30. The molecule has 12 heavy (non-hydrogen) atoms. The van der Waals surface area contributed by atoms with Crippen molar-refractivity contribution in [2.45, 2.75) is 27.7 Å². The van der Waals surface area contributed by atoms with E-state index in [9.17, 15) is 4.79 Å². The van der Waals surface area contributed by atoms with E-state index in [0.29, 0.717) is 0 Å². The Morgan fingerprint density at radius 2 is 1.83 bits per heavy atom. The molecule has 0 saturated carbocycles. The summed E-state index contributed by atoms with van der Waals surface area (Å²) in [4.78, 5) is 11.5. The van der Waals surface area contributed by atoms with E-state index in [2.05, 4.69) is 0 Å². The van der Waals surface area contributed by atoms with E-state index < -0.39 is 5.41 Å². The Morgan fingerprint density at radius 1 is 1.42 bits per heavy atom. The van der Waals surface area contributed by atoms with Crippen LogP contribution in [-0.2, 0) is 4.79 Å². The highest BCUT2D eigenvalue weighted by molar-refractivity contribution is 6.02. The van der Waals surface area contributed by atoms with Gasteiger partial charge in [-0.25, -0.2) is 0 Å². The molecule has 66 valence electrons. The molecule has 2 N–H and O–H groups in total. The van der Waals surface area contributed by atoms with E-state index in [-0.39, 0.29) is 17.1 Å². The van der Waals surface area contributed by atoms with Crippen LogP contribution in [0.5, 0.6) is 0 Å². The molecule has 0 aromatic heterocycles. The van der Waals surface area contributed by atoms with Gasteiger partial charge in [0.25, 0.3) is 0 Å². The van der Waals surface area contributed by atoms with Crippen molar-refractivity contribution in [3.63, 3.8) is 0 Å². The van der Waals surface area contributed by atoms with E-state index in [4.69, 9.17) is 11.0 Å². The monoisotopic (exact) mass is 166 g/mol. The van der Waals surface area contributed by atoms with Crippen LogP contribution in [0.1, 0.15) is 27.7 Å². The minimum Gasteiger partial charge on any atom is -0.401 e. The first kappa shape index (κ1) is 10.7. The van der Waals surface area contributed by atoms with E-state index in [1.165, 1.54) is 0 Å². The molecular formula is C9H14N2O. The molecule has 0 atom stereocenters. The van der Waals surface area contributed by atoms with Crippen molar-refractivity contribution >= 4 is 5.78 Å². The molecule has 0 aromatic rings. The highest BCUT2D eigenvalue weighted by Crippen LogP contribution is 2.20. The molecule has 0 amide bonds. The first-order valence-electron chi connectivity index (χ1n) is 3.72. The number of carbonyl (C=O) groups excluding carboxylic acids is 1. The quantitative estimate of drug-likeness (QED) is 0.472. The Bertz CT molecular complexity index is 259. The third-order valence-corrected chi connectivity index (χ3v) is 1.41. The van der Waals surface area contributed by atoms with Crippen LogP contribution in [0.15, 0.2) is 11.3 Å². The van der Waals surface area contributed by atoms with Crippen LogP contribution in [0, 0.1) is 16.7 Å². The van der Waals surface area contributed by atoms with Gasteiger partial charge in [0.2, 0.25) is 0 Å². The van der Waals surface area contributed by atoms with Gasteiger partial charge in [-0.1, -0.05) is 20.8 Å². The zero-order valence-electron chi connectivity index (χ0n) is 7.93. The van der Waals surface area contributed by atoms with Crippen LogP contribution in [0.3, 0.4) is 0 Å². The van der Waals surface area contributed by atoms with Crippen molar-refractivity contribution in [3.8, 4) is 6.07 Å². The smallest absolute Gasteiger partial charge is 0.180 e. The van der Waals surface area contributed by atoms with Crippen molar-refractivity contribution in [1.82, 2.24) is 0 Å². The molecule has 0 aliphatic heterocycles. The van der Waals surface area contributed by atoms with Gasteiger partial charge in [0, 0.05) is 11.1 Å². The molecule has 0 saturated heterocycles. The van der Waals surface area contributed by atoms with Crippen LogP contribution in [0.2, 0.25) is 0 Å². The van der Waals surface area contributed by atoms with E-state index in [0.717, 1.165) is 0 Å². The lowest BCUT2D eigenvalue weighted by Gasteiger charge is -2.15. The minimum absolute atomic E-state index is 0.0718. The molecule has 0 aliphatic rings. The van der Waals surface area contributed by atoms with Crippen LogP contribution in [0.4, 0.5) is 0 Å². The fourth-order valence-corrected chi connectivity index (χ4v) is 0.693. The fraction of sp³-hybridized carbons (Fsp3) is 0.556. The molecule has 0 aliphatic carbocycles. The maximum Gasteiger partial charge on any atom is 0.180 e. The van der Waals surface area contributed by atoms with Crippen LogP contribution >= 0.6 is 0 Å². The van der Waals surface area contributed by atoms with Crippen LogP contribution < -0.4 is 5.73 Å². The van der Waals surface area contributed by atoms with Gasteiger partial charge in [0.1, 0.15) is 11.6 Å². The Balaban J connectivity index is 4.98. The van der Waals surface area contributed by atoms with E-state index >= 15 is 0 Å². The highest BCUT2D eigenvalue weighted by atomic mass is 16.1. The summed E-state index contributed by atoms with van der Waals surface area (Å²) in [6.45, 7) is 6.84. The SMILES string of the molecule is C/C(N)=C(\C#N)C(=O)C(C)(C)C. The lowest BCUT2D eigenvalue weighted by atomic mass is 9.86. The first-order chi connectivity index (χ1) is 5.30. The Kier molecular flexibility index (Phi) is 3.03. The molecule has 0 heterocycles. The normalized spacial score (nSPS) is 13.2. The molecular weight excluding hydrogens is 152 g/mol. The molecule has 0 radical (unpaired) electrons.